The minimum Gasteiger partial charge on any atom is -0.381 e. The summed E-state index contributed by atoms with van der Waals surface area (Å²) in [5.74, 6) is 0.366. The molecular weight excluding hydrogens is 246 g/mol. The van der Waals surface area contributed by atoms with Crippen molar-refractivity contribution in [3.63, 3.8) is 0 Å². The van der Waals surface area contributed by atoms with E-state index in [4.69, 9.17) is 4.74 Å². The van der Waals surface area contributed by atoms with E-state index in [0.717, 1.165) is 30.2 Å². The molecule has 100 valence electrons. The van der Waals surface area contributed by atoms with Crippen LogP contribution in [0.2, 0.25) is 0 Å². The van der Waals surface area contributed by atoms with Crippen LogP contribution in [0.1, 0.15) is 44.3 Å². The topological polar surface area (TPSA) is 39.2 Å². The summed E-state index contributed by atoms with van der Waals surface area (Å²) in [5.41, 5.74) is 1.14. The van der Waals surface area contributed by atoms with Crippen molar-refractivity contribution >= 4 is 17.1 Å². The third-order valence-corrected chi connectivity index (χ3v) is 4.11. The average Bonchev–Trinajstić information content (AvgIpc) is 2.78. The lowest BCUT2D eigenvalue weighted by Gasteiger charge is -2.20. The maximum atomic E-state index is 12.1. The summed E-state index contributed by atoms with van der Waals surface area (Å²) >= 11 is 1.60. The highest BCUT2D eigenvalue weighted by atomic mass is 32.1. The summed E-state index contributed by atoms with van der Waals surface area (Å²) in [4.78, 5) is 16.7. The van der Waals surface area contributed by atoms with Gasteiger partial charge in [-0.1, -0.05) is 20.8 Å². The van der Waals surface area contributed by atoms with Gasteiger partial charge >= 0.3 is 0 Å². The van der Waals surface area contributed by atoms with Crippen LogP contribution in [0.4, 0.5) is 0 Å². The molecule has 1 aromatic heterocycles. The van der Waals surface area contributed by atoms with Gasteiger partial charge in [0.1, 0.15) is 10.8 Å². The van der Waals surface area contributed by atoms with E-state index in [0.29, 0.717) is 13.0 Å². The SMILES string of the molecule is CC(C)(C)c1csc(CC(=O)C2CCCOC2)n1. The molecule has 1 aliphatic heterocycles. The molecule has 1 unspecified atom stereocenters. The summed E-state index contributed by atoms with van der Waals surface area (Å²) in [5, 5.41) is 3.01. The maximum absolute atomic E-state index is 12.1. The lowest BCUT2D eigenvalue weighted by Crippen LogP contribution is -2.26. The van der Waals surface area contributed by atoms with Gasteiger partial charge in [0.2, 0.25) is 0 Å². The van der Waals surface area contributed by atoms with Gasteiger partial charge in [-0.15, -0.1) is 11.3 Å². The molecule has 18 heavy (non-hydrogen) atoms. The zero-order chi connectivity index (χ0) is 13.2. The smallest absolute Gasteiger partial charge is 0.145 e. The molecule has 0 bridgehead atoms. The summed E-state index contributed by atoms with van der Waals surface area (Å²) in [6.45, 7) is 7.82. The van der Waals surface area contributed by atoms with Gasteiger partial charge in [0, 0.05) is 23.3 Å². The first kappa shape index (κ1) is 13.7. The quantitative estimate of drug-likeness (QED) is 0.845. The van der Waals surface area contributed by atoms with E-state index in [-0.39, 0.29) is 17.1 Å². The molecule has 4 heteroatoms. The average molecular weight is 267 g/mol. The number of carbonyl (C=O) groups is 1. The van der Waals surface area contributed by atoms with Gasteiger partial charge in [0.25, 0.3) is 0 Å². The number of aromatic nitrogens is 1. The minimum atomic E-state index is 0.0613. The number of Topliss-reactive ketones (excluding diaryl/α,β-unsaturated/α-hetero) is 1. The highest BCUT2D eigenvalue weighted by molar-refractivity contribution is 7.09. The van der Waals surface area contributed by atoms with Gasteiger partial charge in [-0.25, -0.2) is 4.98 Å². The van der Waals surface area contributed by atoms with Crippen molar-refractivity contribution in [1.82, 2.24) is 4.98 Å². The van der Waals surface area contributed by atoms with E-state index >= 15 is 0 Å². The first-order valence-electron chi connectivity index (χ1n) is 6.52. The predicted molar refractivity (Wildman–Crippen MR) is 73.1 cm³/mol. The van der Waals surface area contributed by atoms with Crippen molar-refractivity contribution in [1.29, 1.82) is 0 Å². The Bertz CT molecular complexity index is 414. The van der Waals surface area contributed by atoms with Crippen molar-refractivity contribution in [3.8, 4) is 0 Å². The molecule has 0 aromatic carbocycles. The zero-order valence-corrected chi connectivity index (χ0v) is 12.2. The molecule has 0 aliphatic carbocycles. The molecule has 0 spiro atoms. The van der Waals surface area contributed by atoms with E-state index < -0.39 is 0 Å². The number of rotatable bonds is 3. The molecule has 1 aromatic rings. The Balaban J connectivity index is 1.96. The van der Waals surface area contributed by atoms with Crippen LogP contribution in [0, 0.1) is 5.92 Å². The molecule has 0 amide bonds. The molecule has 2 heterocycles. The highest BCUT2D eigenvalue weighted by Crippen LogP contribution is 2.25. The minimum absolute atomic E-state index is 0.0613. The van der Waals surface area contributed by atoms with Gasteiger partial charge in [-0.2, -0.15) is 0 Å². The lowest BCUT2D eigenvalue weighted by molar-refractivity contribution is -0.126. The largest absolute Gasteiger partial charge is 0.381 e. The number of carbonyl (C=O) groups excluding carboxylic acids is 1. The number of thiazole rings is 1. The zero-order valence-electron chi connectivity index (χ0n) is 11.4. The second-order valence-electron chi connectivity index (χ2n) is 5.93. The van der Waals surface area contributed by atoms with E-state index in [2.05, 4.69) is 31.1 Å². The monoisotopic (exact) mass is 267 g/mol. The summed E-state index contributed by atoms with van der Waals surface area (Å²) in [7, 11) is 0. The second kappa shape index (κ2) is 5.49. The molecular formula is C14H21NO2S. The van der Waals surface area contributed by atoms with E-state index in [1.54, 1.807) is 11.3 Å². The van der Waals surface area contributed by atoms with Gasteiger partial charge in [-0.05, 0) is 12.8 Å². The molecule has 3 nitrogen and oxygen atoms in total. The Morgan fingerprint density at radius 1 is 1.56 bits per heavy atom. The number of ether oxygens (including phenoxy) is 1. The van der Waals surface area contributed by atoms with Crippen LogP contribution in [-0.2, 0) is 21.4 Å². The third-order valence-electron chi connectivity index (χ3n) is 3.26. The summed E-state index contributed by atoms with van der Waals surface area (Å²) in [6.07, 6.45) is 2.44. The normalized spacial score (nSPS) is 20.9. The van der Waals surface area contributed by atoms with Crippen LogP contribution in [0.25, 0.3) is 0 Å². The Morgan fingerprint density at radius 3 is 2.89 bits per heavy atom. The molecule has 0 radical (unpaired) electrons. The number of hydrogen-bond donors (Lipinski definition) is 0. The van der Waals surface area contributed by atoms with Crippen molar-refractivity contribution in [2.75, 3.05) is 13.2 Å². The van der Waals surface area contributed by atoms with Crippen LogP contribution >= 0.6 is 11.3 Å². The molecule has 1 fully saturated rings. The summed E-state index contributed by atoms with van der Waals surface area (Å²) < 4.78 is 5.36. The fourth-order valence-electron chi connectivity index (χ4n) is 2.02. The standard InChI is InChI=1S/C14H21NO2S/c1-14(2,3)12-9-18-13(15-12)7-11(16)10-5-4-6-17-8-10/h9-10H,4-8H2,1-3H3. The van der Waals surface area contributed by atoms with Crippen LogP contribution in [-0.4, -0.2) is 24.0 Å². The fourth-order valence-corrected chi connectivity index (χ4v) is 3.06. The maximum Gasteiger partial charge on any atom is 0.145 e. The van der Waals surface area contributed by atoms with E-state index in [9.17, 15) is 4.79 Å². The Morgan fingerprint density at radius 2 is 2.33 bits per heavy atom. The van der Waals surface area contributed by atoms with Crippen molar-refractivity contribution in [2.24, 2.45) is 5.92 Å². The second-order valence-corrected chi connectivity index (χ2v) is 6.88. The summed E-state index contributed by atoms with van der Waals surface area (Å²) in [6, 6.07) is 0. The van der Waals surface area contributed by atoms with Crippen molar-refractivity contribution in [2.45, 2.75) is 45.4 Å². The number of ketones is 1. The van der Waals surface area contributed by atoms with Crippen LogP contribution < -0.4 is 0 Å². The first-order chi connectivity index (χ1) is 8.47. The van der Waals surface area contributed by atoms with Gasteiger partial charge in [-0.3, -0.25) is 4.79 Å². The van der Waals surface area contributed by atoms with Crippen molar-refractivity contribution in [3.05, 3.63) is 16.1 Å². The molecule has 1 atom stereocenters. The molecule has 0 saturated carbocycles. The molecule has 1 saturated heterocycles. The van der Waals surface area contributed by atoms with Crippen LogP contribution in [0.15, 0.2) is 5.38 Å². The van der Waals surface area contributed by atoms with E-state index in [1.165, 1.54) is 0 Å². The third kappa shape index (κ3) is 3.39. The lowest BCUT2D eigenvalue weighted by atomic mass is 9.93. The Labute approximate surface area is 113 Å². The number of hydrogen-bond acceptors (Lipinski definition) is 4. The Kier molecular flexibility index (Phi) is 4.17. The van der Waals surface area contributed by atoms with Crippen LogP contribution in [0.5, 0.6) is 0 Å². The van der Waals surface area contributed by atoms with Gasteiger partial charge < -0.3 is 4.74 Å². The highest BCUT2D eigenvalue weighted by Gasteiger charge is 2.24. The van der Waals surface area contributed by atoms with E-state index in [1.807, 2.05) is 0 Å². The molecule has 1 aliphatic rings. The van der Waals surface area contributed by atoms with Gasteiger partial charge in [0.15, 0.2) is 0 Å². The van der Waals surface area contributed by atoms with Crippen LogP contribution in [0.3, 0.4) is 0 Å². The predicted octanol–water partition coefficient (Wildman–Crippen LogP) is 2.98. The van der Waals surface area contributed by atoms with Crippen molar-refractivity contribution < 1.29 is 9.53 Å². The Hall–Kier alpha value is -0.740. The van der Waals surface area contributed by atoms with Gasteiger partial charge in [0.05, 0.1) is 18.7 Å². The molecule has 2 rings (SSSR count). The number of nitrogens with zero attached hydrogens (tertiary/aromatic N) is 1. The first-order valence-corrected chi connectivity index (χ1v) is 7.40. The fraction of sp³-hybridized carbons (Fsp3) is 0.714. The molecule has 0 N–H and O–H groups in total.